The highest BCUT2D eigenvalue weighted by atomic mass is 35.5. The van der Waals surface area contributed by atoms with Gasteiger partial charge in [0.1, 0.15) is 0 Å². The van der Waals surface area contributed by atoms with E-state index >= 15 is 0 Å². The van der Waals surface area contributed by atoms with Crippen LogP contribution in [0, 0.1) is 0 Å². The monoisotopic (exact) mass is 308 g/mol. The Hall–Kier alpha value is -1.27. The molecule has 1 aromatic rings. The Bertz CT molecular complexity index is 479. The summed E-state index contributed by atoms with van der Waals surface area (Å²) in [5.74, 6) is -0.550. The number of nitrogens with one attached hydrogen (secondary N) is 1. The lowest BCUT2D eigenvalue weighted by molar-refractivity contribution is -0.138. The number of carbonyl (C=O) groups is 1. The van der Waals surface area contributed by atoms with Crippen LogP contribution >= 0.6 is 12.4 Å². The standard InChI is InChI=1S/C13H15F3N2O.ClH/c1-17-9-6-7-18(8-9)12(19)10-4-2-3-5-11(10)13(14,15)16;/h2-5,9,17H,6-8H2,1H3;1H/t9-;/m1./s1. The quantitative estimate of drug-likeness (QED) is 0.911. The van der Waals surface area contributed by atoms with Crippen LogP contribution in [-0.2, 0) is 6.18 Å². The number of rotatable bonds is 2. The van der Waals surface area contributed by atoms with Crippen molar-refractivity contribution in [2.24, 2.45) is 0 Å². The molecule has 1 amide bonds. The van der Waals surface area contributed by atoms with Gasteiger partial charge in [-0.25, -0.2) is 0 Å². The summed E-state index contributed by atoms with van der Waals surface area (Å²) < 4.78 is 38.6. The minimum Gasteiger partial charge on any atom is -0.337 e. The Morgan fingerprint density at radius 2 is 2.00 bits per heavy atom. The Kier molecular flexibility index (Phi) is 5.42. The molecule has 112 valence electrons. The molecular formula is C13H16ClF3N2O. The van der Waals surface area contributed by atoms with Crippen LogP contribution < -0.4 is 5.32 Å². The first-order chi connectivity index (χ1) is 8.93. The van der Waals surface area contributed by atoms with E-state index in [4.69, 9.17) is 0 Å². The number of benzene rings is 1. The van der Waals surface area contributed by atoms with Gasteiger partial charge in [-0.15, -0.1) is 12.4 Å². The first-order valence-corrected chi connectivity index (χ1v) is 6.06. The topological polar surface area (TPSA) is 32.3 Å². The van der Waals surface area contributed by atoms with Crippen LogP contribution in [0.25, 0.3) is 0 Å². The zero-order valence-corrected chi connectivity index (χ0v) is 11.7. The van der Waals surface area contributed by atoms with E-state index in [1.807, 2.05) is 0 Å². The molecule has 3 nitrogen and oxygen atoms in total. The number of likely N-dealkylation sites (N-methyl/N-ethyl adjacent to an activating group) is 1. The molecule has 2 rings (SSSR count). The number of hydrogen-bond acceptors (Lipinski definition) is 2. The fourth-order valence-corrected chi connectivity index (χ4v) is 2.27. The van der Waals surface area contributed by atoms with Crippen LogP contribution in [0.5, 0.6) is 0 Å². The zero-order chi connectivity index (χ0) is 14.0. The number of carbonyl (C=O) groups excluding carboxylic acids is 1. The lowest BCUT2D eigenvalue weighted by Gasteiger charge is -2.19. The molecule has 0 unspecified atom stereocenters. The molecule has 1 saturated heterocycles. The summed E-state index contributed by atoms with van der Waals surface area (Å²) in [7, 11) is 1.78. The molecule has 1 aliphatic heterocycles. The van der Waals surface area contributed by atoms with E-state index < -0.39 is 17.6 Å². The van der Waals surface area contributed by atoms with Gasteiger partial charge in [-0.3, -0.25) is 4.79 Å². The molecule has 0 bridgehead atoms. The largest absolute Gasteiger partial charge is 0.417 e. The van der Waals surface area contributed by atoms with Crippen molar-refractivity contribution in [3.8, 4) is 0 Å². The van der Waals surface area contributed by atoms with Crippen LogP contribution in [0.4, 0.5) is 13.2 Å². The predicted octanol–water partition coefficient (Wildman–Crippen LogP) is 2.56. The van der Waals surface area contributed by atoms with Gasteiger partial charge in [-0.1, -0.05) is 12.1 Å². The summed E-state index contributed by atoms with van der Waals surface area (Å²) in [6.45, 7) is 0.929. The third kappa shape index (κ3) is 3.43. The Morgan fingerprint density at radius 1 is 1.35 bits per heavy atom. The van der Waals surface area contributed by atoms with Crippen molar-refractivity contribution in [2.75, 3.05) is 20.1 Å². The second kappa shape index (κ2) is 6.45. The molecule has 1 atom stereocenters. The fourth-order valence-electron chi connectivity index (χ4n) is 2.27. The van der Waals surface area contributed by atoms with Gasteiger partial charge < -0.3 is 10.2 Å². The average Bonchev–Trinajstić information content (AvgIpc) is 2.85. The van der Waals surface area contributed by atoms with Crippen molar-refractivity contribution in [3.63, 3.8) is 0 Å². The fraction of sp³-hybridized carbons (Fsp3) is 0.462. The molecule has 1 aliphatic rings. The van der Waals surface area contributed by atoms with Crippen LogP contribution in [-0.4, -0.2) is 37.0 Å². The van der Waals surface area contributed by atoms with Crippen LogP contribution in [0.1, 0.15) is 22.3 Å². The van der Waals surface area contributed by atoms with E-state index in [2.05, 4.69) is 5.32 Å². The van der Waals surface area contributed by atoms with Crippen molar-refractivity contribution in [1.82, 2.24) is 10.2 Å². The summed E-state index contributed by atoms with van der Waals surface area (Å²) in [5.41, 5.74) is -1.14. The number of halogens is 4. The second-order valence-electron chi connectivity index (χ2n) is 4.57. The molecule has 1 heterocycles. The molecule has 1 fully saturated rings. The average molecular weight is 309 g/mol. The van der Waals surface area contributed by atoms with E-state index in [1.165, 1.54) is 23.1 Å². The molecule has 1 N–H and O–H groups in total. The molecule has 7 heteroatoms. The Balaban J connectivity index is 0.00000200. The smallest absolute Gasteiger partial charge is 0.337 e. The predicted molar refractivity (Wildman–Crippen MR) is 72.1 cm³/mol. The third-order valence-electron chi connectivity index (χ3n) is 3.35. The number of nitrogens with zero attached hydrogens (tertiary/aromatic N) is 1. The molecule has 0 aromatic heterocycles. The van der Waals surface area contributed by atoms with Crippen LogP contribution in [0.15, 0.2) is 24.3 Å². The number of hydrogen-bond donors (Lipinski definition) is 1. The molecule has 0 spiro atoms. The molecule has 1 aromatic carbocycles. The summed E-state index contributed by atoms with van der Waals surface area (Å²) in [6, 6.07) is 5.08. The van der Waals surface area contributed by atoms with Crippen molar-refractivity contribution < 1.29 is 18.0 Å². The molecule has 0 aliphatic carbocycles. The third-order valence-corrected chi connectivity index (χ3v) is 3.35. The Labute approximate surface area is 121 Å². The maximum absolute atomic E-state index is 12.9. The first-order valence-electron chi connectivity index (χ1n) is 6.06. The minimum absolute atomic E-state index is 0. The van der Waals surface area contributed by atoms with Crippen molar-refractivity contribution in [1.29, 1.82) is 0 Å². The van der Waals surface area contributed by atoms with Gasteiger partial charge in [-0.05, 0) is 25.6 Å². The number of likely N-dealkylation sites (tertiary alicyclic amines) is 1. The first kappa shape index (κ1) is 16.8. The maximum atomic E-state index is 12.9. The van der Waals surface area contributed by atoms with Crippen LogP contribution in [0.3, 0.4) is 0 Å². The lowest BCUT2D eigenvalue weighted by Crippen LogP contribution is -2.34. The summed E-state index contributed by atoms with van der Waals surface area (Å²) >= 11 is 0. The highest BCUT2D eigenvalue weighted by Gasteiger charge is 2.36. The number of amides is 1. The second-order valence-corrected chi connectivity index (χ2v) is 4.57. The van der Waals surface area contributed by atoms with E-state index in [0.717, 1.165) is 12.5 Å². The number of alkyl halides is 3. The van der Waals surface area contributed by atoms with Crippen molar-refractivity contribution >= 4 is 18.3 Å². The van der Waals surface area contributed by atoms with Gasteiger partial charge in [0.15, 0.2) is 0 Å². The molecule has 0 saturated carbocycles. The highest BCUT2D eigenvalue weighted by molar-refractivity contribution is 5.96. The molecule has 0 radical (unpaired) electrons. The van der Waals surface area contributed by atoms with Gasteiger partial charge in [0, 0.05) is 19.1 Å². The van der Waals surface area contributed by atoms with Crippen molar-refractivity contribution in [2.45, 2.75) is 18.6 Å². The zero-order valence-electron chi connectivity index (χ0n) is 10.9. The molecular weight excluding hydrogens is 293 g/mol. The van der Waals surface area contributed by atoms with Gasteiger partial charge in [0.05, 0.1) is 11.1 Å². The summed E-state index contributed by atoms with van der Waals surface area (Å²) in [5, 5.41) is 3.03. The van der Waals surface area contributed by atoms with E-state index in [-0.39, 0.29) is 24.0 Å². The van der Waals surface area contributed by atoms with Gasteiger partial charge in [-0.2, -0.15) is 13.2 Å². The van der Waals surface area contributed by atoms with Gasteiger partial charge in [0.2, 0.25) is 0 Å². The Morgan fingerprint density at radius 3 is 2.55 bits per heavy atom. The van der Waals surface area contributed by atoms with E-state index in [1.54, 1.807) is 7.05 Å². The van der Waals surface area contributed by atoms with Crippen molar-refractivity contribution in [3.05, 3.63) is 35.4 Å². The highest BCUT2D eigenvalue weighted by Crippen LogP contribution is 2.32. The minimum atomic E-state index is -4.51. The molecule has 20 heavy (non-hydrogen) atoms. The van der Waals surface area contributed by atoms with Crippen LogP contribution in [0.2, 0.25) is 0 Å². The SMILES string of the molecule is CN[C@@H]1CCN(C(=O)c2ccccc2C(F)(F)F)C1.Cl. The lowest BCUT2D eigenvalue weighted by atomic mass is 10.1. The maximum Gasteiger partial charge on any atom is 0.417 e. The van der Waals surface area contributed by atoms with Gasteiger partial charge in [0.25, 0.3) is 5.91 Å². The van der Waals surface area contributed by atoms with E-state index in [0.29, 0.717) is 13.1 Å². The normalized spacial score (nSPS) is 18.8. The van der Waals surface area contributed by atoms with Gasteiger partial charge >= 0.3 is 6.18 Å². The summed E-state index contributed by atoms with van der Waals surface area (Å²) in [4.78, 5) is 13.6. The van der Waals surface area contributed by atoms with E-state index in [9.17, 15) is 18.0 Å². The summed E-state index contributed by atoms with van der Waals surface area (Å²) in [6.07, 6.45) is -3.75.